The van der Waals surface area contributed by atoms with Crippen LogP contribution in [-0.4, -0.2) is 4.98 Å². The third-order valence-electron chi connectivity index (χ3n) is 1.41. The number of pyridine rings is 1. The molecule has 1 aromatic heterocycles. The van der Waals surface area contributed by atoms with Crippen LogP contribution in [0.2, 0.25) is 0 Å². The molecule has 1 heterocycles. The maximum absolute atomic E-state index is 12.2. The molecule has 66 valence electrons. The van der Waals surface area contributed by atoms with Crippen molar-refractivity contribution >= 4 is 11.6 Å². The summed E-state index contributed by atoms with van der Waals surface area (Å²) in [7, 11) is 0. The number of H-pyrrole nitrogens is 1. The van der Waals surface area contributed by atoms with Gasteiger partial charge in [-0.3, -0.25) is 4.79 Å². The molecule has 1 rings (SSSR count). The van der Waals surface area contributed by atoms with E-state index in [1.807, 2.05) is 0 Å². The van der Waals surface area contributed by atoms with E-state index in [1.54, 1.807) is 0 Å². The van der Waals surface area contributed by atoms with Gasteiger partial charge in [0.05, 0.1) is 5.88 Å². The van der Waals surface area contributed by atoms with Crippen LogP contribution >= 0.6 is 11.6 Å². The van der Waals surface area contributed by atoms with Crippen LogP contribution in [-0.2, 0) is 5.88 Å². The van der Waals surface area contributed by atoms with E-state index in [-0.39, 0.29) is 17.1 Å². The molecule has 0 amide bonds. The molecule has 12 heavy (non-hydrogen) atoms. The number of nitrogens with one attached hydrogen (secondary N) is 1. The van der Waals surface area contributed by atoms with Gasteiger partial charge in [0.1, 0.15) is 0 Å². The molecular weight excluding hydrogens is 188 g/mol. The fraction of sp³-hybridized carbons (Fsp3) is 0.286. The van der Waals surface area contributed by atoms with Crippen molar-refractivity contribution in [3.63, 3.8) is 0 Å². The second-order valence-electron chi connectivity index (χ2n) is 2.19. The molecule has 1 N–H and O–H groups in total. The summed E-state index contributed by atoms with van der Waals surface area (Å²) in [6.45, 7) is 0. The predicted octanol–water partition coefficient (Wildman–Crippen LogP) is 2.05. The van der Waals surface area contributed by atoms with E-state index in [9.17, 15) is 13.6 Å². The highest BCUT2D eigenvalue weighted by Gasteiger charge is 2.12. The van der Waals surface area contributed by atoms with Crippen molar-refractivity contribution in [3.05, 3.63) is 33.7 Å². The average Bonchev–Trinajstić information content (AvgIpc) is 2.03. The van der Waals surface area contributed by atoms with Crippen molar-refractivity contribution < 1.29 is 8.78 Å². The standard InChI is InChI=1S/C7H6ClF2NO/c8-3-5-4(7(9)10)1-2-6(12)11-5/h1-2,7H,3H2,(H,11,12). The lowest BCUT2D eigenvalue weighted by atomic mass is 10.2. The summed E-state index contributed by atoms with van der Waals surface area (Å²) < 4.78 is 24.3. The Morgan fingerprint density at radius 3 is 2.67 bits per heavy atom. The fourth-order valence-electron chi connectivity index (χ4n) is 0.844. The Balaban J connectivity index is 3.20. The Kier molecular flexibility index (Phi) is 2.81. The second kappa shape index (κ2) is 3.67. The second-order valence-corrected chi connectivity index (χ2v) is 2.46. The van der Waals surface area contributed by atoms with Gasteiger partial charge in [-0.15, -0.1) is 11.6 Å². The first-order valence-electron chi connectivity index (χ1n) is 3.21. The molecule has 0 aliphatic heterocycles. The molecule has 0 fully saturated rings. The maximum Gasteiger partial charge on any atom is 0.265 e. The first-order valence-corrected chi connectivity index (χ1v) is 3.75. The first kappa shape index (κ1) is 9.19. The van der Waals surface area contributed by atoms with Gasteiger partial charge in [-0.25, -0.2) is 8.78 Å². The molecular formula is C7H6ClF2NO. The van der Waals surface area contributed by atoms with Crippen molar-refractivity contribution in [3.8, 4) is 0 Å². The SMILES string of the molecule is O=c1ccc(C(F)F)c(CCl)[nH]1. The minimum Gasteiger partial charge on any atom is -0.325 e. The highest BCUT2D eigenvalue weighted by atomic mass is 35.5. The highest BCUT2D eigenvalue weighted by molar-refractivity contribution is 6.17. The average molecular weight is 194 g/mol. The minimum absolute atomic E-state index is 0.0826. The summed E-state index contributed by atoms with van der Waals surface area (Å²) in [5, 5.41) is 0. The number of aromatic nitrogens is 1. The molecule has 0 aliphatic rings. The van der Waals surface area contributed by atoms with Crippen LogP contribution in [0.4, 0.5) is 8.78 Å². The van der Waals surface area contributed by atoms with E-state index < -0.39 is 12.0 Å². The molecule has 0 saturated heterocycles. The lowest BCUT2D eigenvalue weighted by Gasteiger charge is -2.03. The number of hydrogen-bond acceptors (Lipinski definition) is 1. The van der Waals surface area contributed by atoms with Gasteiger partial charge in [-0.1, -0.05) is 0 Å². The molecule has 2 nitrogen and oxygen atoms in total. The van der Waals surface area contributed by atoms with Crippen LogP contribution in [0.25, 0.3) is 0 Å². The monoisotopic (exact) mass is 193 g/mol. The molecule has 0 aromatic carbocycles. The largest absolute Gasteiger partial charge is 0.325 e. The molecule has 0 unspecified atom stereocenters. The summed E-state index contributed by atoms with van der Waals surface area (Å²) in [5.74, 6) is -0.115. The van der Waals surface area contributed by atoms with Gasteiger partial charge in [0, 0.05) is 17.3 Å². The number of alkyl halides is 3. The Morgan fingerprint density at radius 2 is 2.17 bits per heavy atom. The van der Waals surface area contributed by atoms with Gasteiger partial charge in [0.15, 0.2) is 0 Å². The Bertz CT molecular complexity index is 323. The van der Waals surface area contributed by atoms with Crippen molar-refractivity contribution in [2.75, 3.05) is 0 Å². The lowest BCUT2D eigenvalue weighted by molar-refractivity contribution is 0.150. The van der Waals surface area contributed by atoms with Crippen LogP contribution in [0.5, 0.6) is 0 Å². The Labute approximate surface area is 72.2 Å². The molecule has 0 aliphatic carbocycles. The van der Waals surface area contributed by atoms with Gasteiger partial charge < -0.3 is 4.98 Å². The van der Waals surface area contributed by atoms with E-state index in [0.29, 0.717) is 0 Å². The van der Waals surface area contributed by atoms with E-state index in [4.69, 9.17) is 11.6 Å². The summed E-state index contributed by atoms with van der Waals surface area (Å²) in [5.41, 5.74) is -0.557. The van der Waals surface area contributed by atoms with Crippen LogP contribution in [0.15, 0.2) is 16.9 Å². The molecule has 0 atom stereocenters. The van der Waals surface area contributed by atoms with Gasteiger partial charge >= 0.3 is 0 Å². The smallest absolute Gasteiger partial charge is 0.265 e. The maximum atomic E-state index is 12.2. The Morgan fingerprint density at radius 1 is 1.50 bits per heavy atom. The highest BCUT2D eigenvalue weighted by Crippen LogP contribution is 2.20. The summed E-state index contributed by atoms with van der Waals surface area (Å²) >= 11 is 5.34. The van der Waals surface area contributed by atoms with Crippen LogP contribution in [0.1, 0.15) is 17.7 Å². The van der Waals surface area contributed by atoms with Crippen molar-refractivity contribution in [2.45, 2.75) is 12.3 Å². The molecule has 0 saturated carbocycles. The first-order chi connectivity index (χ1) is 5.65. The molecule has 0 radical (unpaired) electrons. The van der Waals surface area contributed by atoms with Crippen molar-refractivity contribution in [2.24, 2.45) is 0 Å². The third kappa shape index (κ3) is 1.82. The van der Waals surface area contributed by atoms with Gasteiger partial charge in [0.25, 0.3) is 6.43 Å². The molecule has 5 heteroatoms. The minimum atomic E-state index is -2.60. The van der Waals surface area contributed by atoms with Gasteiger partial charge in [0.2, 0.25) is 5.56 Å². The number of rotatable bonds is 2. The third-order valence-corrected chi connectivity index (χ3v) is 1.67. The van der Waals surface area contributed by atoms with E-state index >= 15 is 0 Å². The van der Waals surface area contributed by atoms with Crippen LogP contribution in [0.3, 0.4) is 0 Å². The molecule has 1 aromatic rings. The summed E-state index contributed by atoms with van der Waals surface area (Å²) in [4.78, 5) is 12.9. The van der Waals surface area contributed by atoms with Crippen LogP contribution < -0.4 is 5.56 Å². The Hall–Kier alpha value is -0.900. The molecule has 0 spiro atoms. The zero-order valence-corrected chi connectivity index (χ0v) is 6.74. The van der Waals surface area contributed by atoms with E-state index in [1.165, 1.54) is 0 Å². The summed E-state index contributed by atoms with van der Waals surface area (Å²) in [6.07, 6.45) is -2.60. The quantitative estimate of drug-likeness (QED) is 0.717. The lowest BCUT2D eigenvalue weighted by Crippen LogP contribution is -2.09. The predicted molar refractivity (Wildman–Crippen MR) is 41.6 cm³/mol. The summed E-state index contributed by atoms with van der Waals surface area (Å²) in [6, 6.07) is 2.14. The topological polar surface area (TPSA) is 32.9 Å². The zero-order chi connectivity index (χ0) is 9.14. The van der Waals surface area contributed by atoms with Crippen molar-refractivity contribution in [1.82, 2.24) is 4.98 Å². The zero-order valence-electron chi connectivity index (χ0n) is 5.98. The van der Waals surface area contributed by atoms with Crippen molar-refractivity contribution in [1.29, 1.82) is 0 Å². The van der Waals surface area contributed by atoms with Crippen LogP contribution in [0, 0.1) is 0 Å². The van der Waals surface area contributed by atoms with Gasteiger partial charge in [-0.05, 0) is 6.07 Å². The fourth-order valence-corrected chi connectivity index (χ4v) is 1.06. The number of aromatic amines is 1. The number of halogens is 3. The number of hydrogen-bond donors (Lipinski definition) is 1. The van der Waals surface area contributed by atoms with Gasteiger partial charge in [-0.2, -0.15) is 0 Å². The normalized spacial score (nSPS) is 10.7. The molecule has 0 bridgehead atoms. The van der Waals surface area contributed by atoms with E-state index in [0.717, 1.165) is 12.1 Å². The van der Waals surface area contributed by atoms with E-state index in [2.05, 4.69) is 4.98 Å².